The van der Waals surface area contributed by atoms with Gasteiger partial charge < -0.3 is 14.8 Å². The second-order valence-corrected chi connectivity index (χ2v) is 8.52. The van der Waals surface area contributed by atoms with Gasteiger partial charge >= 0.3 is 0 Å². The molecule has 0 saturated carbocycles. The minimum absolute atomic E-state index is 0. The molecule has 0 unspecified atom stereocenters. The standard InChI is InChI=1S/C15H26N4O3S.ClH/c1-15(5-7-16-8-6-15)11-17-23(21,22)12-9-13(19(4)10-12)14(20)18(2)3;/h9-10,16-17H,5-8,11H2,1-4H3;1H. The van der Waals surface area contributed by atoms with Crippen LogP contribution in [-0.2, 0) is 17.1 Å². The highest BCUT2D eigenvalue weighted by Crippen LogP contribution is 2.27. The van der Waals surface area contributed by atoms with Gasteiger partial charge in [-0.2, -0.15) is 0 Å². The van der Waals surface area contributed by atoms with Gasteiger partial charge in [-0.05, 0) is 37.4 Å². The van der Waals surface area contributed by atoms with E-state index in [0.717, 1.165) is 25.9 Å². The molecular weight excluding hydrogens is 352 g/mol. The van der Waals surface area contributed by atoms with Gasteiger partial charge in [-0.15, -0.1) is 12.4 Å². The van der Waals surface area contributed by atoms with E-state index in [1.807, 2.05) is 0 Å². The van der Waals surface area contributed by atoms with Crippen LogP contribution >= 0.6 is 12.4 Å². The first-order valence-corrected chi connectivity index (χ1v) is 9.21. The molecule has 0 atom stereocenters. The van der Waals surface area contributed by atoms with Crippen molar-refractivity contribution in [2.45, 2.75) is 24.7 Å². The van der Waals surface area contributed by atoms with Crippen LogP contribution in [0.3, 0.4) is 0 Å². The van der Waals surface area contributed by atoms with E-state index < -0.39 is 10.0 Å². The van der Waals surface area contributed by atoms with Gasteiger partial charge in [-0.1, -0.05) is 6.92 Å². The van der Waals surface area contributed by atoms with E-state index in [9.17, 15) is 13.2 Å². The fourth-order valence-electron chi connectivity index (χ4n) is 2.68. The molecular formula is C15H27ClN4O3S. The number of piperidine rings is 1. The summed E-state index contributed by atoms with van der Waals surface area (Å²) in [6.45, 7) is 4.32. The Morgan fingerprint density at radius 2 is 1.96 bits per heavy atom. The smallest absolute Gasteiger partial charge is 0.269 e. The van der Waals surface area contributed by atoms with Crippen molar-refractivity contribution in [3.05, 3.63) is 18.0 Å². The van der Waals surface area contributed by atoms with Gasteiger partial charge in [0.25, 0.3) is 5.91 Å². The van der Waals surface area contributed by atoms with Crippen LogP contribution in [-0.4, -0.2) is 57.5 Å². The monoisotopic (exact) mass is 378 g/mol. The maximum atomic E-state index is 12.5. The maximum Gasteiger partial charge on any atom is 0.269 e. The number of amides is 1. The fourth-order valence-corrected chi connectivity index (χ4v) is 3.95. The maximum absolute atomic E-state index is 12.5. The number of nitrogens with zero attached hydrogens (tertiary/aromatic N) is 2. The molecule has 7 nitrogen and oxygen atoms in total. The molecule has 1 aromatic rings. The Morgan fingerprint density at radius 3 is 2.50 bits per heavy atom. The molecule has 2 N–H and O–H groups in total. The quantitative estimate of drug-likeness (QED) is 0.794. The lowest BCUT2D eigenvalue weighted by molar-refractivity contribution is 0.0818. The summed E-state index contributed by atoms with van der Waals surface area (Å²) in [5.41, 5.74) is 0.318. The molecule has 2 heterocycles. The molecule has 2 rings (SSSR count). The van der Waals surface area contributed by atoms with E-state index in [1.165, 1.54) is 17.2 Å². The molecule has 1 aliphatic rings. The zero-order chi connectivity index (χ0) is 17.3. The Kier molecular flexibility index (Phi) is 6.86. The number of halogens is 1. The second-order valence-electron chi connectivity index (χ2n) is 6.76. The van der Waals surface area contributed by atoms with Crippen LogP contribution in [0.25, 0.3) is 0 Å². The Bertz CT molecular complexity index is 679. The van der Waals surface area contributed by atoms with Crippen molar-refractivity contribution in [2.24, 2.45) is 12.5 Å². The second kappa shape index (κ2) is 7.86. The largest absolute Gasteiger partial charge is 0.345 e. The Balaban J connectivity index is 0.00000288. The number of rotatable bonds is 5. The lowest BCUT2D eigenvalue weighted by Gasteiger charge is -2.33. The molecule has 24 heavy (non-hydrogen) atoms. The molecule has 1 fully saturated rings. The minimum Gasteiger partial charge on any atom is -0.345 e. The van der Waals surface area contributed by atoms with Crippen molar-refractivity contribution < 1.29 is 13.2 Å². The van der Waals surface area contributed by atoms with Gasteiger partial charge in [-0.3, -0.25) is 4.79 Å². The van der Waals surface area contributed by atoms with Crippen molar-refractivity contribution >= 4 is 28.3 Å². The summed E-state index contributed by atoms with van der Waals surface area (Å²) in [6.07, 6.45) is 3.35. The number of sulfonamides is 1. The third kappa shape index (κ3) is 4.72. The summed E-state index contributed by atoms with van der Waals surface area (Å²) < 4.78 is 29.3. The lowest BCUT2D eigenvalue weighted by Crippen LogP contribution is -2.42. The van der Waals surface area contributed by atoms with E-state index in [2.05, 4.69) is 17.0 Å². The molecule has 138 valence electrons. The third-order valence-corrected chi connectivity index (χ3v) is 5.78. The van der Waals surface area contributed by atoms with Crippen LogP contribution < -0.4 is 10.0 Å². The molecule has 0 aromatic carbocycles. The molecule has 0 bridgehead atoms. The number of hydrogen-bond acceptors (Lipinski definition) is 4. The molecule has 0 spiro atoms. The fraction of sp³-hybridized carbons (Fsp3) is 0.667. The van der Waals surface area contributed by atoms with Crippen molar-refractivity contribution in [1.29, 1.82) is 0 Å². The number of aryl methyl sites for hydroxylation is 1. The number of carbonyl (C=O) groups is 1. The first-order valence-electron chi connectivity index (χ1n) is 7.73. The van der Waals surface area contributed by atoms with Gasteiger partial charge in [0.1, 0.15) is 10.6 Å². The van der Waals surface area contributed by atoms with Crippen LogP contribution in [0.2, 0.25) is 0 Å². The van der Waals surface area contributed by atoms with E-state index in [0.29, 0.717) is 12.2 Å². The molecule has 0 aliphatic carbocycles. The Labute approximate surface area is 150 Å². The number of carbonyl (C=O) groups excluding carboxylic acids is 1. The first-order chi connectivity index (χ1) is 10.6. The van der Waals surface area contributed by atoms with Gasteiger partial charge in [0.2, 0.25) is 10.0 Å². The SMILES string of the molecule is CN(C)C(=O)c1cc(S(=O)(=O)NCC2(C)CCNCC2)cn1C.Cl. The number of nitrogens with one attached hydrogen (secondary N) is 2. The summed E-state index contributed by atoms with van der Waals surface area (Å²) in [6, 6.07) is 1.43. The van der Waals surface area contributed by atoms with Gasteiger partial charge in [0.05, 0.1) is 0 Å². The van der Waals surface area contributed by atoms with Crippen molar-refractivity contribution in [2.75, 3.05) is 33.7 Å². The van der Waals surface area contributed by atoms with E-state index in [4.69, 9.17) is 0 Å². The number of hydrogen-bond donors (Lipinski definition) is 2. The van der Waals surface area contributed by atoms with E-state index in [-0.39, 0.29) is 28.6 Å². The van der Waals surface area contributed by atoms with Gasteiger partial charge in [0, 0.05) is 33.9 Å². The zero-order valence-electron chi connectivity index (χ0n) is 14.6. The third-order valence-electron chi connectivity index (χ3n) is 4.42. The highest BCUT2D eigenvalue weighted by Gasteiger charge is 2.29. The normalized spacial score (nSPS) is 17.2. The Morgan fingerprint density at radius 1 is 1.38 bits per heavy atom. The summed E-state index contributed by atoms with van der Waals surface area (Å²) in [5.74, 6) is -0.223. The van der Waals surface area contributed by atoms with Gasteiger partial charge in [-0.25, -0.2) is 13.1 Å². The summed E-state index contributed by atoms with van der Waals surface area (Å²) >= 11 is 0. The Hall–Kier alpha value is -1.09. The zero-order valence-corrected chi connectivity index (χ0v) is 16.3. The van der Waals surface area contributed by atoms with Crippen LogP contribution in [0, 0.1) is 5.41 Å². The average molecular weight is 379 g/mol. The summed E-state index contributed by atoms with van der Waals surface area (Å²) in [5, 5.41) is 3.28. The number of aromatic nitrogens is 1. The topological polar surface area (TPSA) is 83.4 Å². The average Bonchev–Trinajstić information content (AvgIpc) is 2.88. The van der Waals surface area contributed by atoms with Gasteiger partial charge in [0.15, 0.2) is 0 Å². The molecule has 1 aliphatic heterocycles. The molecule has 0 radical (unpaired) electrons. The lowest BCUT2D eigenvalue weighted by atomic mass is 9.81. The minimum atomic E-state index is -3.62. The predicted octanol–water partition coefficient (Wildman–Crippen LogP) is 0.817. The van der Waals surface area contributed by atoms with Crippen LogP contribution in [0.1, 0.15) is 30.3 Å². The molecule has 1 amide bonds. The van der Waals surface area contributed by atoms with Crippen molar-refractivity contribution in [3.63, 3.8) is 0 Å². The van der Waals surface area contributed by atoms with Crippen LogP contribution in [0.5, 0.6) is 0 Å². The molecule has 9 heteroatoms. The van der Waals surface area contributed by atoms with E-state index in [1.54, 1.807) is 25.7 Å². The first kappa shape index (κ1) is 21.0. The molecule has 1 saturated heterocycles. The highest BCUT2D eigenvalue weighted by atomic mass is 35.5. The summed E-state index contributed by atoms with van der Waals surface area (Å²) in [7, 11) is 1.33. The van der Waals surface area contributed by atoms with Crippen molar-refractivity contribution in [3.8, 4) is 0 Å². The highest BCUT2D eigenvalue weighted by molar-refractivity contribution is 7.89. The predicted molar refractivity (Wildman–Crippen MR) is 96.1 cm³/mol. The van der Waals surface area contributed by atoms with Crippen LogP contribution in [0.15, 0.2) is 17.2 Å². The van der Waals surface area contributed by atoms with Crippen LogP contribution in [0.4, 0.5) is 0 Å². The molecule has 1 aromatic heterocycles. The van der Waals surface area contributed by atoms with Crippen molar-refractivity contribution in [1.82, 2.24) is 19.5 Å². The summed E-state index contributed by atoms with van der Waals surface area (Å²) in [4.78, 5) is 13.6. The van der Waals surface area contributed by atoms with E-state index >= 15 is 0 Å².